The van der Waals surface area contributed by atoms with Gasteiger partial charge in [0.2, 0.25) is 0 Å². The first-order valence-electron chi connectivity index (χ1n) is 4.52. The van der Waals surface area contributed by atoms with Crippen LogP contribution < -0.4 is 10.6 Å². The van der Waals surface area contributed by atoms with Crippen molar-refractivity contribution in [2.75, 3.05) is 25.1 Å². The average molecular weight is 228 g/mol. The van der Waals surface area contributed by atoms with E-state index < -0.39 is 0 Å². The molecule has 82 valence electrons. The quantitative estimate of drug-likeness (QED) is 0.532. The molecular formula is C10H14ClN3O. The van der Waals surface area contributed by atoms with Gasteiger partial charge in [-0.3, -0.25) is 5.41 Å². The van der Waals surface area contributed by atoms with Crippen LogP contribution in [0.5, 0.6) is 0 Å². The summed E-state index contributed by atoms with van der Waals surface area (Å²) in [4.78, 5) is 1.81. The lowest BCUT2D eigenvalue weighted by atomic mass is 10.1. The Morgan fingerprint density at radius 3 is 2.80 bits per heavy atom. The van der Waals surface area contributed by atoms with Crippen molar-refractivity contribution in [3.05, 3.63) is 28.8 Å². The van der Waals surface area contributed by atoms with Crippen LogP contribution in [0.25, 0.3) is 0 Å². The van der Waals surface area contributed by atoms with Gasteiger partial charge in [0, 0.05) is 19.3 Å². The number of nitrogens with one attached hydrogen (secondary N) is 1. The van der Waals surface area contributed by atoms with Crippen LogP contribution >= 0.6 is 11.6 Å². The van der Waals surface area contributed by atoms with Crippen molar-refractivity contribution in [1.29, 1.82) is 5.41 Å². The van der Waals surface area contributed by atoms with Crippen molar-refractivity contribution in [3.63, 3.8) is 0 Å². The predicted octanol–water partition coefficient (Wildman–Crippen LogP) is 1.05. The number of hydrogen-bond donors (Lipinski definition) is 3. The number of aliphatic hydroxyl groups excluding tert-OH is 1. The molecule has 0 atom stereocenters. The lowest BCUT2D eigenvalue weighted by molar-refractivity contribution is 0.304. The van der Waals surface area contributed by atoms with Gasteiger partial charge in [-0.1, -0.05) is 17.7 Å². The van der Waals surface area contributed by atoms with E-state index in [1.807, 2.05) is 18.0 Å². The van der Waals surface area contributed by atoms with Crippen LogP contribution in [-0.4, -0.2) is 31.1 Å². The SMILES string of the molecule is CN(CCO)c1cccc(Cl)c1C(=N)N. The van der Waals surface area contributed by atoms with Crippen molar-refractivity contribution < 1.29 is 5.11 Å². The van der Waals surface area contributed by atoms with E-state index in [4.69, 9.17) is 27.9 Å². The number of anilines is 1. The molecule has 0 aromatic heterocycles. The van der Waals surface area contributed by atoms with E-state index in [0.717, 1.165) is 5.69 Å². The van der Waals surface area contributed by atoms with Crippen LogP contribution in [0, 0.1) is 5.41 Å². The lowest BCUT2D eigenvalue weighted by Gasteiger charge is -2.21. The number of benzene rings is 1. The van der Waals surface area contributed by atoms with Gasteiger partial charge in [-0.25, -0.2) is 0 Å². The second-order valence-electron chi connectivity index (χ2n) is 3.19. The Morgan fingerprint density at radius 2 is 2.27 bits per heavy atom. The van der Waals surface area contributed by atoms with E-state index in [2.05, 4.69) is 0 Å². The molecule has 0 unspecified atom stereocenters. The Balaban J connectivity index is 3.16. The van der Waals surface area contributed by atoms with Crippen LogP contribution in [-0.2, 0) is 0 Å². The van der Waals surface area contributed by atoms with Crippen molar-refractivity contribution >= 4 is 23.1 Å². The van der Waals surface area contributed by atoms with Gasteiger partial charge in [-0.15, -0.1) is 0 Å². The van der Waals surface area contributed by atoms with Crippen LogP contribution in [0.2, 0.25) is 5.02 Å². The Labute approximate surface area is 93.8 Å². The van der Waals surface area contributed by atoms with Crippen LogP contribution in [0.3, 0.4) is 0 Å². The zero-order valence-corrected chi connectivity index (χ0v) is 9.25. The minimum Gasteiger partial charge on any atom is -0.395 e. The lowest BCUT2D eigenvalue weighted by Crippen LogP contribution is -2.25. The molecule has 0 aliphatic rings. The molecule has 0 bridgehead atoms. The third kappa shape index (κ3) is 2.61. The fraction of sp³-hybridized carbons (Fsp3) is 0.300. The first-order chi connectivity index (χ1) is 7.07. The fourth-order valence-electron chi connectivity index (χ4n) is 1.37. The molecule has 5 heteroatoms. The number of halogens is 1. The first-order valence-corrected chi connectivity index (χ1v) is 4.90. The maximum absolute atomic E-state index is 8.84. The summed E-state index contributed by atoms with van der Waals surface area (Å²) in [6.07, 6.45) is 0. The second kappa shape index (κ2) is 5.00. The molecule has 1 rings (SSSR count). The largest absolute Gasteiger partial charge is 0.395 e. The van der Waals surface area contributed by atoms with Gasteiger partial charge in [0.1, 0.15) is 5.84 Å². The number of amidine groups is 1. The van der Waals surface area contributed by atoms with Gasteiger partial charge in [-0.2, -0.15) is 0 Å². The molecule has 0 amide bonds. The maximum Gasteiger partial charge on any atom is 0.126 e. The highest BCUT2D eigenvalue weighted by Gasteiger charge is 2.12. The zero-order chi connectivity index (χ0) is 11.4. The number of hydrogen-bond acceptors (Lipinski definition) is 3. The summed E-state index contributed by atoms with van der Waals surface area (Å²) in [7, 11) is 1.81. The number of rotatable bonds is 4. The number of aliphatic hydroxyl groups is 1. The molecule has 0 fully saturated rings. The average Bonchev–Trinajstić information content (AvgIpc) is 2.17. The van der Waals surface area contributed by atoms with Gasteiger partial charge in [-0.05, 0) is 12.1 Å². The molecule has 0 aliphatic carbocycles. The summed E-state index contributed by atoms with van der Waals surface area (Å²) in [5, 5.41) is 16.7. The molecule has 15 heavy (non-hydrogen) atoms. The van der Waals surface area contributed by atoms with E-state index in [0.29, 0.717) is 17.1 Å². The van der Waals surface area contributed by atoms with Crippen molar-refractivity contribution in [2.45, 2.75) is 0 Å². The minimum absolute atomic E-state index is 0.0420. The second-order valence-corrected chi connectivity index (χ2v) is 3.60. The molecular weight excluding hydrogens is 214 g/mol. The third-order valence-electron chi connectivity index (χ3n) is 2.11. The van der Waals surface area contributed by atoms with Gasteiger partial charge in [0.05, 0.1) is 17.2 Å². The van der Waals surface area contributed by atoms with E-state index >= 15 is 0 Å². The molecule has 1 aromatic carbocycles. The maximum atomic E-state index is 8.84. The van der Waals surface area contributed by atoms with Gasteiger partial charge < -0.3 is 15.7 Å². The number of nitrogen functional groups attached to an aromatic ring is 1. The molecule has 4 N–H and O–H groups in total. The summed E-state index contributed by atoms with van der Waals surface area (Å²) in [6, 6.07) is 5.30. The van der Waals surface area contributed by atoms with E-state index in [1.165, 1.54) is 0 Å². The van der Waals surface area contributed by atoms with Crippen LogP contribution in [0.1, 0.15) is 5.56 Å². The Morgan fingerprint density at radius 1 is 1.60 bits per heavy atom. The summed E-state index contributed by atoms with van der Waals surface area (Å²) in [5.74, 6) is -0.0691. The molecule has 0 saturated heterocycles. The van der Waals surface area contributed by atoms with Crippen molar-refractivity contribution in [3.8, 4) is 0 Å². The number of likely N-dealkylation sites (N-methyl/N-ethyl adjacent to an activating group) is 1. The summed E-state index contributed by atoms with van der Waals surface area (Å²) in [6.45, 7) is 0.515. The standard InChI is InChI=1S/C10H14ClN3O/c1-14(5-6-15)8-4-2-3-7(11)9(8)10(12)13/h2-4,15H,5-6H2,1H3,(H3,12,13). The topological polar surface area (TPSA) is 73.3 Å². The highest BCUT2D eigenvalue weighted by atomic mass is 35.5. The molecule has 0 aliphatic heterocycles. The smallest absolute Gasteiger partial charge is 0.126 e. The summed E-state index contributed by atoms with van der Waals surface area (Å²) in [5.41, 5.74) is 6.72. The monoisotopic (exact) mass is 227 g/mol. The van der Waals surface area contributed by atoms with Crippen LogP contribution in [0.15, 0.2) is 18.2 Å². The first kappa shape index (κ1) is 11.8. The third-order valence-corrected chi connectivity index (χ3v) is 2.42. The van der Waals surface area contributed by atoms with E-state index in [9.17, 15) is 0 Å². The fourth-order valence-corrected chi connectivity index (χ4v) is 1.64. The Bertz CT molecular complexity index is 368. The summed E-state index contributed by atoms with van der Waals surface area (Å²) < 4.78 is 0. The van der Waals surface area contributed by atoms with Crippen molar-refractivity contribution in [1.82, 2.24) is 0 Å². The number of nitrogens with zero attached hydrogens (tertiary/aromatic N) is 1. The van der Waals surface area contributed by atoms with E-state index in [-0.39, 0.29) is 12.4 Å². The minimum atomic E-state index is -0.0691. The van der Waals surface area contributed by atoms with Gasteiger partial charge in [0.25, 0.3) is 0 Å². The molecule has 1 aromatic rings. The highest BCUT2D eigenvalue weighted by molar-refractivity contribution is 6.34. The van der Waals surface area contributed by atoms with Crippen LogP contribution in [0.4, 0.5) is 5.69 Å². The normalized spacial score (nSPS) is 10.1. The predicted molar refractivity (Wildman–Crippen MR) is 62.8 cm³/mol. The highest BCUT2D eigenvalue weighted by Crippen LogP contribution is 2.26. The van der Waals surface area contributed by atoms with Gasteiger partial charge in [0.15, 0.2) is 0 Å². The molecule has 0 radical (unpaired) electrons. The number of nitrogens with two attached hydrogens (primary N) is 1. The molecule has 0 spiro atoms. The Hall–Kier alpha value is -1.26. The molecule has 0 heterocycles. The zero-order valence-electron chi connectivity index (χ0n) is 8.50. The molecule has 0 saturated carbocycles. The van der Waals surface area contributed by atoms with Gasteiger partial charge >= 0.3 is 0 Å². The van der Waals surface area contributed by atoms with E-state index in [1.54, 1.807) is 12.1 Å². The van der Waals surface area contributed by atoms with Crippen molar-refractivity contribution in [2.24, 2.45) is 5.73 Å². The Kier molecular flexibility index (Phi) is 3.94. The summed E-state index contributed by atoms with van der Waals surface area (Å²) >= 11 is 5.96. The molecule has 4 nitrogen and oxygen atoms in total.